The van der Waals surface area contributed by atoms with Crippen LogP contribution in [0.1, 0.15) is 24.6 Å². The first kappa shape index (κ1) is 23.3. The van der Waals surface area contributed by atoms with E-state index in [9.17, 15) is 19.2 Å². The molecule has 0 spiro atoms. The molecule has 0 aliphatic carbocycles. The Morgan fingerprint density at radius 1 is 0.870 bits per heavy atom. The molecule has 0 amide bonds. The van der Waals surface area contributed by atoms with E-state index in [2.05, 4.69) is 0 Å². The zero-order valence-corrected chi connectivity index (χ0v) is 14.2. The smallest absolute Gasteiger partial charge is 1.00 e. The molecule has 9 nitrogen and oxygen atoms in total. The van der Waals surface area contributed by atoms with Crippen molar-refractivity contribution in [2.24, 2.45) is 0 Å². The van der Waals surface area contributed by atoms with Crippen molar-refractivity contribution in [2.45, 2.75) is 18.4 Å². The van der Waals surface area contributed by atoms with Crippen LogP contribution in [0.4, 0.5) is 0 Å². The summed E-state index contributed by atoms with van der Waals surface area (Å²) in [4.78, 5) is 40.7. The second kappa shape index (κ2) is 10.7. The molecular weight excluding hydrogens is 323 g/mol. The van der Waals surface area contributed by atoms with Crippen LogP contribution in [0.25, 0.3) is 0 Å². The van der Waals surface area contributed by atoms with Gasteiger partial charge < -0.3 is 27.0 Å². The van der Waals surface area contributed by atoms with Crippen molar-refractivity contribution in [3.05, 3.63) is 35.9 Å². The maximum absolute atomic E-state index is 10.3. The normalized spacial score (nSPS) is 9.61. The molecule has 0 bridgehead atoms. The number of carbonyl (C=O) groups is 4. The molecule has 0 saturated heterocycles. The van der Waals surface area contributed by atoms with Crippen LogP contribution in [-0.4, -0.2) is 55.0 Å². The van der Waals surface area contributed by atoms with E-state index in [4.69, 9.17) is 25.5 Å². The Morgan fingerprint density at radius 3 is 1.48 bits per heavy atom. The van der Waals surface area contributed by atoms with Crippen LogP contribution in [0.3, 0.4) is 0 Å². The number of hydrogen-bond donors (Lipinski definition) is 5. The van der Waals surface area contributed by atoms with Crippen molar-refractivity contribution in [2.75, 3.05) is 0 Å². The molecule has 1 aromatic rings. The summed E-state index contributed by atoms with van der Waals surface area (Å²) >= 11 is 0. The minimum atomic E-state index is -2.74. The van der Waals surface area contributed by atoms with Gasteiger partial charge in [0, 0.05) is 0 Å². The van der Waals surface area contributed by atoms with Crippen LogP contribution in [0, 0.1) is 0 Å². The summed E-state index contributed by atoms with van der Waals surface area (Å²) in [7, 11) is 0. The first-order chi connectivity index (χ1) is 10.1. The van der Waals surface area contributed by atoms with E-state index in [1.807, 2.05) is 0 Å². The first-order valence-electron chi connectivity index (χ1n) is 5.76. The van der Waals surface area contributed by atoms with Gasteiger partial charge in [-0.2, -0.15) is 0 Å². The zero-order valence-electron chi connectivity index (χ0n) is 13.2. The largest absolute Gasteiger partial charge is 1.00 e. The summed E-state index contributed by atoms with van der Waals surface area (Å²) in [5, 5.41) is 42.2. The van der Waals surface area contributed by atoms with E-state index in [-0.39, 0.29) is 31.0 Å². The van der Waals surface area contributed by atoms with Crippen molar-refractivity contribution in [1.82, 2.24) is 0 Å². The molecule has 122 valence electrons. The van der Waals surface area contributed by atoms with Gasteiger partial charge in [-0.3, -0.25) is 9.59 Å². The maximum atomic E-state index is 10.3. The van der Waals surface area contributed by atoms with E-state index in [0.29, 0.717) is 5.56 Å². The van der Waals surface area contributed by atoms with E-state index in [0.717, 1.165) is 0 Å². The first-order valence-corrected chi connectivity index (χ1v) is 5.76. The van der Waals surface area contributed by atoms with Gasteiger partial charge in [-0.05, 0) is 12.1 Å². The SMILES string of the molecule is O=C(O)CC(O)(CC(=O)O)C(=O)O.O=C(O)c1ccccc1.[H-].[Na+]. The molecular formula is C13H15NaO9. The van der Waals surface area contributed by atoms with Gasteiger partial charge in [0.1, 0.15) is 0 Å². The van der Waals surface area contributed by atoms with Crippen molar-refractivity contribution in [1.29, 1.82) is 0 Å². The minimum absolute atomic E-state index is 0. The number of benzene rings is 1. The predicted octanol–water partition coefficient (Wildman–Crippen LogP) is -2.75. The van der Waals surface area contributed by atoms with E-state index < -0.39 is 42.3 Å². The number of hydrogen-bond acceptors (Lipinski definition) is 5. The molecule has 0 heterocycles. The van der Waals surface area contributed by atoms with Gasteiger partial charge in [-0.1, -0.05) is 18.2 Å². The van der Waals surface area contributed by atoms with E-state index in [1.54, 1.807) is 30.3 Å². The maximum Gasteiger partial charge on any atom is 1.00 e. The fourth-order valence-electron chi connectivity index (χ4n) is 1.29. The van der Waals surface area contributed by atoms with Gasteiger partial charge in [-0.25, -0.2) is 9.59 Å². The van der Waals surface area contributed by atoms with Crippen LogP contribution in [0.5, 0.6) is 0 Å². The molecule has 5 N–H and O–H groups in total. The van der Waals surface area contributed by atoms with Gasteiger partial charge >= 0.3 is 53.4 Å². The summed E-state index contributed by atoms with van der Waals surface area (Å²) in [6.07, 6.45) is -2.29. The molecule has 0 radical (unpaired) electrons. The number of aromatic carboxylic acids is 1. The fraction of sp³-hybridized carbons (Fsp3) is 0.231. The monoisotopic (exact) mass is 338 g/mol. The van der Waals surface area contributed by atoms with Crippen LogP contribution < -0.4 is 29.6 Å². The molecule has 0 aliphatic rings. The molecule has 0 atom stereocenters. The zero-order chi connectivity index (χ0) is 17.3. The predicted molar refractivity (Wildman–Crippen MR) is 71.6 cm³/mol. The Balaban J connectivity index is -0.000000355. The Bertz CT molecular complexity index is 546. The molecule has 0 aromatic heterocycles. The molecule has 0 saturated carbocycles. The summed E-state index contributed by atoms with van der Waals surface area (Å²) in [5.41, 5.74) is -2.41. The summed E-state index contributed by atoms with van der Waals surface area (Å²) in [6.45, 7) is 0. The molecule has 1 aromatic carbocycles. The topological polar surface area (TPSA) is 169 Å². The number of aliphatic hydroxyl groups is 1. The molecule has 0 unspecified atom stereocenters. The van der Waals surface area contributed by atoms with Gasteiger partial charge in [-0.15, -0.1) is 0 Å². The molecule has 0 aliphatic heterocycles. The van der Waals surface area contributed by atoms with Crippen molar-refractivity contribution < 1.29 is 75.7 Å². The van der Waals surface area contributed by atoms with Crippen molar-refractivity contribution in [3.8, 4) is 0 Å². The second-order valence-corrected chi connectivity index (χ2v) is 4.15. The third-order valence-electron chi connectivity index (χ3n) is 2.31. The summed E-state index contributed by atoms with van der Waals surface area (Å²) in [5.74, 6) is -5.90. The van der Waals surface area contributed by atoms with Gasteiger partial charge in [0.2, 0.25) is 0 Å². The van der Waals surface area contributed by atoms with E-state index >= 15 is 0 Å². The molecule has 0 fully saturated rings. The Kier molecular flexibility index (Phi) is 10.9. The number of rotatable bonds is 6. The molecule has 10 heteroatoms. The quantitative estimate of drug-likeness (QED) is 0.345. The standard InChI is InChI=1S/C7H6O2.C6H8O7.Na.H/c8-7(9)6-4-2-1-3-5-6;7-3(8)1-6(13,5(11)12)2-4(9)10;;/h1-5H,(H,8,9);13H,1-2H2,(H,7,8)(H,9,10)(H,11,12);;/q;;+1;-1. The van der Waals surface area contributed by atoms with Gasteiger partial charge in [0.25, 0.3) is 0 Å². The summed E-state index contributed by atoms with van der Waals surface area (Å²) < 4.78 is 0. The second-order valence-electron chi connectivity index (χ2n) is 4.15. The minimum Gasteiger partial charge on any atom is -1.00 e. The van der Waals surface area contributed by atoms with Gasteiger partial charge in [0.05, 0.1) is 18.4 Å². The third kappa shape index (κ3) is 9.63. The fourth-order valence-corrected chi connectivity index (χ4v) is 1.29. The van der Waals surface area contributed by atoms with Crippen LogP contribution in [0.15, 0.2) is 30.3 Å². The molecule has 1 rings (SSSR count). The van der Waals surface area contributed by atoms with Crippen LogP contribution in [-0.2, 0) is 14.4 Å². The van der Waals surface area contributed by atoms with Crippen molar-refractivity contribution in [3.63, 3.8) is 0 Å². The average Bonchev–Trinajstić information content (AvgIpc) is 2.38. The van der Waals surface area contributed by atoms with Crippen molar-refractivity contribution >= 4 is 23.9 Å². The number of aliphatic carboxylic acids is 3. The third-order valence-corrected chi connectivity index (χ3v) is 2.31. The average molecular weight is 338 g/mol. The van der Waals surface area contributed by atoms with Crippen LogP contribution >= 0.6 is 0 Å². The number of carboxylic acid groups (broad SMARTS) is 4. The van der Waals surface area contributed by atoms with Gasteiger partial charge in [0.15, 0.2) is 5.60 Å². The van der Waals surface area contributed by atoms with Crippen LogP contribution in [0.2, 0.25) is 0 Å². The number of carboxylic acids is 4. The molecule has 23 heavy (non-hydrogen) atoms. The Hall–Kier alpha value is -1.94. The Morgan fingerprint density at radius 2 is 1.26 bits per heavy atom. The van der Waals surface area contributed by atoms with E-state index in [1.165, 1.54) is 0 Å². The summed E-state index contributed by atoms with van der Waals surface area (Å²) in [6, 6.07) is 8.30. The Labute approximate surface area is 154 Å².